The van der Waals surface area contributed by atoms with Gasteiger partial charge >= 0.3 is 0 Å². The van der Waals surface area contributed by atoms with Crippen LogP contribution in [0.2, 0.25) is 0 Å². The Labute approximate surface area is 123 Å². The van der Waals surface area contributed by atoms with E-state index in [2.05, 4.69) is 29.5 Å². The van der Waals surface area contributed by atoms with E-state index >= 15 is 0 Å². The number of nitrogens with one attached hydrogen (secondary N) is 2. The van der Waals surface area contributed by atoms with Crippen molar-refractivity contribution in [2.45, 2.75) is 65.2 Å². The van der Waals surface area contributed by atoms with Crippen molar-refractivity contribution in [3.05, 3.63) is 0 Å². The first kappa shape index (κ1) is 18.2. The third kappa shape index (κ3) is 13.4. The van der Waals surface area contributed by atoms with Crippen LogP contribution in [-0.4, -0.2) is 24.2 Å². The highest BCUT2D eigenvalue weighted by atomic mass is 32.1. The van der Waals surface area contributed by atoms with Crippen molar-refractivity contribution in [3.63, 3.8) is 0 Å². The first-order chi connectivity index (χ1) is 9.20. The van der Waals surface area contributed by atoms with Crippen molar-refractivity contribution in [3.8, 4) is 0 Å². The van der Waals surface area contributed by atoms with Crippen molar-refractivity contribution in [1.29, 1.82) is 0 Å². The molecule has 4 N–H and O–H groups in total. The Kier molecular flexibility index (Phi) is 13.0. The average Bonchev–Trinajstić information content (AvgIpc) is 2.38. The Morgan fingerprint density at radius 3 is 2.26 bits per heavy atom. The molecule has 4 nitrogen and oxygen atoms in total. The van der Waals surface area contributed by atoms with E-state index in [1.807, 2.05) is 0 Å². The Bertz CT molecular complexity index is 254. The van der Waals surface area contributed by atoms with Gasteiger partial charge < -0.3 is 16.4 Å². The summed E-state index contributed by atoms with van der Waals surface area (Å²) < 4.78 is 0. The van der Waals surface area contributed by atoms with Gasteiger partial charge in [0, 0.05) is 13.1 Å². The van der Waals surface area contributed by atoms with Crippen molar-refractivity contribution in [2.24, 2.45) is 10.7 Å². The van der Waals surface area contributed by atoms with E-state index in [4.69, 9.17) is 18.0 Å². The average molecular weight is 286 g/mol. The smallest absolute Gasteiger partial charge is 0.194 e. The number of thiocarbonyl (C=S) groups is 1. The van der Waals surface area contributed by atoms with Gasteiger partial charge in [0.1, 0.15) is 0 Å². The van der Waals surface area contributed by atoms with E-state index in [1.165, 1.54) is 38.5 Å². The molecule has 0 rings (SSSR count). The van der Waals surface area contributed by atoms with Gasteiger partial charge in [0.2, 0.25) is 0 Å². The zero-order valence-electron chi connectivity index (χ0n) is 12.5. The maximum atomic E-state index is 5.75. The van der Waals surface area contributed by atoms with Crippen LogP contribution in [0.25, 0.3) is 0 Å². The number of unbranched alkanes of at least 4 members (excludes halogenated alkanes) is 6. The Balaban J connectivity index is 3.53. The quantitative estimate of drug-likeness (QED) is 0.250. The minimum atomic E-state index is 0.419. The summed E-state index contributed by atoms with van der Waals surface area (Å²) in [6.45, 7) is 6.08. The number of aliphatic imine (C=N–C) groups is 1. The largest absolute Gasteiger partial charge is 0.370 e. The Hall–Kier alpha value is -0.840. The summed E-state index contributed by atoms with van der Waals surface area (Å²) in [4.78, 5) is 4.25. The predicted molar refractivity (Wildman–Crippen MR) is 88.5 cm³/mol. The van der Waals surface area contributed by atoms with Crippen molar-refractivity contribution >= 4 is 23.3 Å². The van der Waals surface area contributed by atoms with Crippen molar-refractivity contribution < 1.29 is 0 Å². The molecular formula is C14H30N4S. The van der Waals surface area contributed by atoms with Crippen LogP contribution >= 0.6 is 12.2 Å². The number of hydrogen-bond donors (Lipinski definition) is 3. The van der Waals surface area contributed by atoms with Gasteiger partial charge in [-0.25, -0.2) is 0 Å². The van der Waals surface area contributed by atoms with Crippen LogP contribution in [0.5, 0.6) is 0 Å². The Morgan fingerprint density at radius 2 is 1.63 bits per heavy atom. The van der Waals surface area contributed by atoms with Crippen LogP contribution in [0.4, 0.5) is 0 Å². The van der Waals surface area contributed by atoms with Crippen LogP contribution in [-0.2, 0) is 0 Å². The highest BCUT2D eigenvalue weighted by molar-refractivity contribution is 7.80. The molecule has 0 atom stereocenters. The molecule has 0 unspecified atom stereocenters. The number of hydrogen-bond acceptors (Lipinski definition) is 2. The van der Waals surface area contributed by atoms with Gasteiger partial charge in [0.25, 0.3) is 0 Å². The summed E-state index contributed by atoms with van der Waals surface area (Å²) in [5, 5.41) is 6.63. The number of rotatable bonds is 10. The zero-order valence-corrected chi connectivity index (χ0v) is 13.3. The number of nitrogens with zero attached hydrogens (tertiary/aromatic N) is 1. The molecule has 0 aromatic carbocycles. The van der Waals surface area contributed by atoms with Gasteiger partial charge in [-0.3, -0.25) is 4.99 Å². The van der Waals surface area contributed by atoms with Gasteiger partial charge in [-0.05, 0) is 25.1 Å². The standard InChI is InChI=1S/C14H30N4S/c1-3-5-7-9-11-16-13(15)18-14(19)17-12-10-8-6-4-2/h3-12H2,1-2H3,(H4,15,16,17,18,19). The Morgan fingerprint density at radius 1 is 1.00 bits per heavy atom. The molecule has 0 spiro atoms. The zero-order chi connectivity index (χ0) is 14.3. The third-order valence-electron chi connectivity index (χ3n) is 2.85. The molecule has 0 amide bonds. The first-order valence-electron chi connectivity index (χ1n) is 7.55. The lowest BCUT2D eigenvalue weighted by Gasteiger charge is -2.09. The number of guanidine groups is 1. The SMILES string of the molecule is CCCCCCN=C(N)NC(=S)NCCCCCC. The van der Waals surface area contributed by atoms with Gasteiger partial charge in [-0.1, -0.05) is 52.4 Å². The maximum absolute atomic E-state index is 5.75. The lowest BCUT2D eigenvalue weighted by molar-refractivity contribution is 0.653. The molecule has 0 fully saturated rings. The monoisotopic (exact) mass is 286 g/mol. The lowest BCUT2D eigenvalue weighted by Crippen LogP contribution is -2.43. The molecule has 0 radical (unpaired) electrons. The van der Waals surface area contributed by atoms with E-state index < -0.39 is 0 Å². The van der Waals surface area contributed by atoms with Crippen LogP contribution in [0.15, 0.2) is 4.99 Å². The first-order valence-corrected chi connectivity index (χ1v) is 7.96. The minimum absolute atomic E-state index is 0.419. The fourth-order valence-corrected chi connectivity index (χ4v) is 1.90. The van der Waals surface area contributed by atoms with E-state index in [1.54, 1.807) is 0 Å². The number of nitrogens with two attached hydrogens (primary N) is 1. The predicted octanol–water partition coefficient (Wildman–Crippen LogP) is 2.93. The van der Waals surface area contributed by atoms with Crippen LogP contribution in [0.3, 0.4) is 0 Å². The second-order valence-corrected chi connectivity index (χ2v) is 5.18. The van der Waals surface area contributed by atoms with Gasteiger partial charge in [-0.15, -0.1) is 0 Å². The molecule has 0 aliphatic heterocycles. The van der Waals surface area contributed by atoms with Gasteiger partial charge in [0.15, 0.2) is 11.1 Å². The van der Waals surface area contributed by atoms with E-state index in [9.17, 15) is 0 Å². The van der Waals surface area contributed by atoms with Crippen LogP contribution in [0.1, 0.15) is 65.2 Å². The van der Waals surface area contributed by atoms with E-state index in [0.717, 1.165) is 25.9 Å². The summed E-state index contributed by atoms with van der Waals surface area (Å²) in [5.74, 6) is 0.419. The van der Waals surface area contributed by atoms with Crippen LogP contribution < -0.4 is 16.4 Å². The molecule has 0 bridgehead atoms. The van der Waals surface area contributed by atoms with Gasteiger partial charge in [0.05, 0.1) is 0 Å². The summed E-state index contributed by atoms with van der Waals surface area (Å²) in [7, 11) is 0. The molecule has 0 aliphatic rings. The van der Waals surface area contributed by atoms with Gasteiger partial charge in [-0.2, -0.15) is 0 Å². The minimum Gasteiger partial charge on any atom is -0.370 e. The summed E-state index contributed by atoms with van der Waals surface area (Å²) in [5.41, 5.74) is 5.75. The van der Waals surface area contributed by atoms with Crippen molar-refractivity contribution in [2.75, 3.05) is 13.1 Å². The summed E-state index contributed by atoms with van der Waals surface area (Å²) in [6.07, 6.45) is 9.73. The second kappa shape index (κ2) is 13.6. The maximum Gasteiger partial charge on any atom is 0.194 e. The fourth-order valence-electron chi connectivity index (χ4n) is 1.69. The molecule has 5 heteroatoms. The lowest BCUT2D eigenvalue weighted by atomic mass is 10.2. The topological polar surface area (TPSA) is 62.4 Å². The molecule has 0 aromatic heterocycles. The van der Waals surface area contributed by atoms with E-state index in [-0.39, 0.29) is 0 Å². The molecule has 0 saturated heterocycles. The molecule has 0 heterocycles. The molecule has 0 saturated carbocycles. The molecule has 19 heavy (non-hydrogen) atoms. The highest BCUT2D eigenvalue weighted by Gasteiger charge is 1.97. The summed E-state index contributed by atoms with van der Waals surface area (Å²) >= 11 is 5.15. The summed E-state index contributed by atoms with van der Waals surface area (Å²) in [6, 6.07) is 0. The molecule has 0 aliphatic carbocycles. The van der Waals surface area contributed by atoms with Crippen molar-refractivity contribution in [1.82, 2.24) is 10.6 Å². The fraction of sp³-hybridized carbons (Fsp3) is 0.857. The third-order valence-corrected chi connectivity index (χ3v) is 3.10. The highest BCUT2D eigenvalue weighted by Crippen LogP contribution is 1.98. The molecular weight excluding hydrogens is 256 g/mol. The molecule has 112 valence electrons. The second-order valence-electron chi connectivity index (χ2n) is 4.77. The van der Waals surface area contributed by atoms with E-state index in [0.29, 0.717) is 11.1 Å². The van der Waals surface area contributed by atoms with Crippen LogP contribution in [0, 0.1) is 0 Å². The molecule has 0 aromatic rings. The normalized spacial score (nSPS) is 11.4.